The molecule has 2 unspecified atom stereocenters. The second-order valence-corrected chi connectivity index (χ2v) is 7.98. The van der Waals surface area contributed by atoms with Gasteiger partial charge in [-0.3, -0.25) is 4.90 Å². The van der Waals surface area contributed by atoms with Crippen LogP contribution >= 0.6 is 0 Å². The fourth-order valence-electron chi connectivity index (χ4n) is 3.84. The van der Waals surface area contributed by atoms with Crippen LogP contribution in [0.25, 0.3) is 5.57 Å². The predicted molar refractivity (Wildman–Crippen MR) is 93.5 cm³/mol. The molecule has 2 atom stereocenters. The number of nitrogens with zero attached hydrogens (tertiary/aromatic N) is 1. The lowest BCUT2D eigenvalue weighted by Gasteiger charge is -2.45. The van der Waals surface area contributed by atoms with E-state index in [2.05, 4.69) is 0 Å². The molecular formula is C20H24F3NO2. The highest BCUT2D eigenvalue weighted by Gasteiger charge is 2.41. The zero-order valence-corrected chi connectivity index (χ0v) is 15.3. The first-order chi connectivity index (χ1) is 12.1. The van der Waals surface area contributed by atoms with E-state index in [9.17, 15) is 18.0 Å². The summed E-state index contributed by atoms with van der Waals surface area (Å²) in [5, 5.41) is 0. The Balaban J connectivity index is 1.94. The number of rotatable bonds is 1. The van der Waals surface area contributed by atoms with E-state index < -0.39 is 17.3 Å². The van der Waals surface area contributed by atoms with Crippen molar-refractivity contribution in [1.29, 1.82) is 0 Å². The van der Waals surface area contributed by atoms with Crippen molar-refractivity contribution in [3.8, 4) is 0 Å². The molecule has 2 aliphatic rings. The minimum atomic E-state index is -4.39. The van der Waals surface area contributed by atoms with E-state index in [0.717, 1.165) is 25.3 Å². The second-order valence-electron chi connectivity index (χ2n) is 7.98. The third-order valence-corrected chi connectivity index (χ3v) is 4.82. The van der Waals surface area contributed by atoms with E-state index in [-0.39, 0.29) is 23.7 Å². The van der Waals surface area contributed by atoms with Crippen molar-refractivity contribution in [2.24, 2.45) is 0 Å². The molecule has 2 bridgehead atoms. The zero-order chi connectivity index (χ0) is 19.1. The first-order valence-corrected chi connectivity index (χ1v) is 8.95. The van der Waals surface area contributed by atoms with Crippen LogP contribution < -0.4 is 0 Å². The monoisotopic (exact) mass is 367 g/mol. The van der Waals surface area contributed by atoms with Gasteiger partial charge in [0.25, 0.3) is 0 Å². The van der Waals surface area contributed by atoms with Crippen LogP contribution in [-0.2, 0) is 10.9 Å². The Bertz CT molecular complexity index is 719. The number of benzene rings is 1. The molecule has 142 valence electrons. The normalized spacial score (nSPS) is 23.5. The summed E-state index contributed by atoms with van der Waals surface area (Å²) in [5.74, 6) is 0. The Labute approximate surface area is 151 Å². The van der Waals surface area contributed by atoms with Gasteiger partial charge in [-0.15, -0.1) is 0 Å². The summed E-state index contributed by atoms with van der Waals surface area (Å²) in [7, 11) is 0. The number of hydrogen-bond acceptors (Lipinski definition) is 2. The molecule has 1 aromatic rings. The number of alkyl halides is 3. The van der Waals surface area contributed by atoms with Crippen molar-refractivity contribution >= 4 is 11.7 Å². The number of ether oxygens (including phenoxy) is 1. The van der Waals surface area contributed by atoms with Crippen LogP contribution in [0.4, 0.5) is 18.0 Å². The van der Waals surface area contributed by atoms with Crippen molar-refractivity contribution in [2.45, 2.75) is 70.3 Å². The Morgan fingerprint density at radius 1 is 1.15 bits per heavy atom. The number of carbonyl (C=O) groups excluding carboxylic acids is 1. The Hall–Kier alpha value is -1.98. The molecular weight excluding hydrogens is 343 g/mol. The minimum absolute atomic E-state index is 0.120. The number of amides is 1. The summed E-state index contributed by atoms with van der Waals surface area (Å²) in [6.07, 6.45) is -0.0535. The summed E-state index contributed by atoms with van der Waals surface area (Å²) in [5.41, 5.74) is -0.318. The minimum Gasteiger partial charge on any atom is -0.444 e. The fourth-order valence-corrected chi connectivity index (χ4v) is 3.84. The van der Waals surface area contributed by atoms with E-state index in [1.165, 1.54) is 12.1 Å². The molecule has 0 spiro atoms. The average molecular weight is 367 g/mol. The Morgan fingerprint density at radius 2 is 1.85 bits per heavy atom. The molecule has 6 heteroatoms. The SMILES string of the molecule is CC(C)(C)OC(=O)N1C2C=C(c3ccccc3C(F)(F)F)CC1CCC2. The quantitative estimate of drug-likeness (QED) is 0.642. The standard InChI is InChI=1S/C20H24F3NO2/c1-19(2,3)26-18(25)24-14-7-6-8-15(24)12-13(11-14)16-9-4-5-10-17(16)20(21,22)23/h4-5,9-11,14-15H,6-8,12H2,1-3H3. The van der Waals surface area contributed by atoms with Crippen LogP contribution in [0.15, 0.2) is 30.3 Å². The Kier molecular flexibility index (Phi) is 4.80. The first kappa shape index (κ1) is 18.8. The highest BCUT2D eigenvalue weighted by atomic mass is 19.4. The summed E-state index contributed by atoms with van der Waals surface area (Å²) in [6.45, 7) is 5.43. The van der Waals surface area contributed by atoms with Crippen LogP contribution in [0.2, 0.25) is 0 Å². The van der Waals surface area contributed by atoms with E-state index in [0.29, 0.717) is 12.0 Å². The second kappa shape index (κ2) is 6.63. The molecule has 1 amide bonds. The van der Waals surface area contributed by atoms with Gasteiger partial charge in [-0.2, -0.15) is 13.2 Å². The maximum absolute atomic E-state index is 13.4. The maximum atomic E-state index is 13.4. The maximum Gasteiger partial charge on any atom is 0.416 e. The topological polar surface area (TPSA) is 29.5 Å². The van der Waals surface area contributed by atoms with E-state index in [4.69, 9.17) is 4.74 Å². The Morgan fingerprint density at radius 3 is 2.46 bits per heavy atom. The van der Waals surface area contributed by atoms with E-state index in [1.807, 2.05) is 26.8 Å². The lowest BCUT2D eigenvalue weighted by Crippen LogP contribution is -2.53. The number of carbonyl (C=O) groups is 1. The lowest BCUT2D eigenvalue weighted by atomic mass is 9.82. The molecule has 0 aromatic heterocycles. The van der Waals surface area contributed by atoms with Crippen LogP contribution in [0.1, 0.15) is 57.6 Å². The highest BCUT2D eigenvalue weighted by Crippen LogP contribution is 2.42. The van der Waals surface area contributed by atoms with Gasteiger partial charge in [0.2, 0.25) is 0 Å². The van der Waals surface area contributed by atoms with Gasteiger partial charge in [-0.25, -0.2) is 4.79 Å². The third-order valence-electron chi connectivity index (χ3n) is 4.82. The van der Waals surface area contributed by atoms with Gasteiger partial charge in [0.1, 0.15) is 5.60 Å². The van der Waals surface area contributed by atoms with E-state index in [1.54, 1.807) is 11.0 Å². The van der Waals surface area contributed by atoms with Gasteiger partial charge in [-0.1, -0.05) is 24.3 Å². The van der Waals surface area contributed by atoms with Gasteiger partial charge in [0.15, 0.2) is 0 Å². The fraction of sp³-hybridized carbons (Fsp3) is 0.550. The zero-order valence-electron chi connectivity index (χ0n) is 15.3. The molecule has 26 heavy (non-hydrogen) atoms. The molecule has 1 aromatic carbocycles. The van der Waals surface area contributed by atoms with Gasteiger partial charge in [0, 0.05) is 6.04 Å². The van der Waals surface area contributed by atoms with Crippen LogP contribution in [0.3, 0.4) is 0 Å². The van der Waals surface area contributed by atoms with Gasteiger partial charge < -0.3 is 4.74 Å². The summed E-state index contributed by atoms with van der Waals surface area (Å²) >= 11 is 0. The van der Waals surface area contributed by atoms with Crippen LogP contribution in [0, 0.1) is 0 Å². The van der Waals surface area contributed by atoms with Crippen molar-refractivity contribution in [2.75, 3.05) is 0 Å². The molecule has 1 saturated heterocycles. The summed E-state index contributed by atoms with van der Waals surface area (Å²) < 4.78 is 45.6. The molecule has 1 fully saturated rings. The van der Waals surface area contributed by atoms with Crippen LogP contribution in [-0.4, -0.2) is 28.7 Å². The smallest absolute Gasteiger partial charge is 0.416 e. The largest absolute Gasteiger partial charge is 0.444 e. The predicted octanol–water partition coefficient (Wildman–Crippen LogP) is 5.65. The number of fused-ring (bicyclic) bond motifs is 2. The number of halogens is 3. The molecule has 0 aliphatic carbocycles. The molecule has 2 aliphatic heterocycles. The van der Waals surface area contributed by atoms with Crippen molar-refractivity contribution in [3.05, 3.63) is 41.5 Å². The molecule has 2 heterocycles. The van der Waals surface area contributed by atoms with Crippen molar-refractivity contribution in [3.63, 3.8) is 0 Å². The van der Waals surface area contributed by atoms with Gasteiger partial charge in [-0.05, 0) is 63.7 Å². The van der Waals surface area contributed by atoms with Gasteiger partial charge in [0.05, 0.1) is 11.6 Å². The first-order valence-electron chi connectivity index (χ1n) is 8.95. The summed E-state index contributed by atoms with van der Waals surface area (Å²) in [4.78, 5) is 14.3. The summed E-state index contributed by atoms with van der Waals surface area (Å²) in [6, 6.07) is 5.34. The highest BCUT2D eigenvalue weighted by molar-refractivity contribution is 5.76. The molecule has 0 saturated carbocycles. The molecule has 0 radical (unpaired) electrons. The lowest BCUT2D eigenvalue weighted by molar-refractivity contribution is -0.137. The van der Waals surface area contributed by atoms with Crippen molar-refractivity contribution < 1.29 is 22.7 Å². The average Bonchev–Trinajstić information content (AvgIpc) is 2.51. The molecule has 0 N–H and O–H groups in total. The molecule has 3 nitrogen and oxygen atoms in total. The van der Waals surface area contributed by atoms with E-state index >= 15 is 0 Å². The number of piperidine rings is 1. The number of hydrogen-bond donors (Lipinski definition) is 0. The van der Waals surface area contributed by atoms with Crippen molar-refractivity contribution in [1.82, 2.24) is 4.90 Å². The third kappa shape index (κ3) is 3.89. The molecule has 3 rings (SSSR count). The van der Waals surface area contributed by atoms with Gasteiger partial charge >= 0.3 is 12.3 Å². The van der Waals surface area contributed by atoms with Crippen LogP contribution in [0.5, 0.6) is 0 Å².